The summed E-state index contributed by atoms with van der Waals surface area (Å²) in [5, 5.41) is 6.01. The second-order valence-corrected chi connectivity index (χ2v) is 6.28. The van der Waals surface area contributed by atoms with E-state index in [2.05, 4.69) is 10.6 Å². The van der Waals surface area contributed by atoms with Crippen LogP contribution in [0.25, 0.3) is 0 Å². The fourth-order valence-corrected chi connectivity index (χ4v) is 2.59. The first-order chi connectivity index (χ1) is 11.5. The van der Waals surface area contributed by atoms with Crippen molar-refractivity contribution in [1.29, 1.82) is 0 Å². The van der Waals surface area contributed by atoms with Crippen LogP contribution in [0, 0.1) is 0 Å². The Bertz CT molecular complexity index is 554. The van der Waals surface area contributed by atoms with Crippen molar-refractivity contribution < 1.29 is 14.3 Å². The van der Waals surface area contributed by atoms with Crippen LogP contribution in [0.4, 0.5) is 5.69 Å². The molecule has 0 aromatic heterocycles. The van der Waals surface area contributed by atoms with Crippen LogP contribution < -0.4 is 10.6 Å². The van der Waals surface area contributed by atoms with E-state index in [4.69, 9.17) is 4.74 Å². The summed E-state index contributed by atoms with van der Waals surface area (Å²) in [6.45, 7) is 1.60. The van der Waals surface area contributed by atoms with E-state index in [-0.39, 0.29) is 24.5 Å². The van der Waals surface area contributed by atoms with Gasteiger partial charge in [0, 0.05) is 39.4 Å². The zero-order valence-corrected chi connectivity index (χ0v) is 14.5. The molecule has 1 fully saturated rings. The van der Waals surface area contributed by atoms with Crippen LogP contribution in [0.5, 0.6) is 0 Å². The summed E-state index contributed by atoms with van der Waals surface area (Å²) in [4.78, 5) is 25.1. The van der Waals surface area contributed by atoms with Crippen LogP contribution in [0.2, 0.25) is 0 Å². The van der Waals surface area contributed by atoms with Gasteiger partial charge >= 0.3 is 0 Å². The zero-order chi connectivity index (χ0) is 17.4. The highest BCUT2D eigenvalue weighted by molar-refractivity contribution is 5.80. The van der Waals surface area contributed by atoms with E-state index in [0.717, 1.165) is 30.7 Å². The number of nitrogens with one attached hydrogen (secondary N) is 2. The fourth-order valence-electron chi connectivity index (χ4n) is 2.59. The molecule has 1 heterocycles. The first kappa shape index (κ1) is 18.3. The third-order valence-corrected chi connectivity index (χ3v) is 4.06. The highest BCUT2D eigenvalue weighted by Crippen LogP contribution is 2.13. The van der Waals surface area contributed by atoms with Crippen molar-refractivity contribution in [3.05, 3.63) is 29.8 Å². The van der Waals surface area contributed by atoms with Gasteiger partial charge in [0.1, 0.15) is 0 Å². The van der Waals surface area contributed by atoms with Gasteiger partial charge in [0.2, 0.25) is 11.8 Å². The number of aryl methyl sites for hydroxylation is 1. The summed E-state index contributed by atoms with van der Waals surface area (Å²) in [5.74, 6) is 0.0700. The first-order valence-corrected chi connectivity index (χ1v) is 8.46. The monoisotopic (exact) mass is 333 g/mol. The summed E-state index contributed by atoms with van der Waals surface area (Å²) in [7, 11) is 3.52. The maximum absolute atomic E-state index is 11.9. The average molecular weight is 333 g/mol. The molecular formula is C18H27N3O3. The highest BCUT2D eigenvalue weighted by Gasteiger charge is 2.15. The third-order valence-electron chi connectivity index (χ3n) is 4.06. The van der Waals surface area contributed by atoms with Crippen molar-refractivity contribution in [1.82, 2.24) is 10.2 Å². The second-order valence-electron chi connectivity index (χ2n) is 6.28. The van der Waals surface area contributed by atoms with Gasteiger partial charge in [-0.15, -0.1) is 0 Å². The molecule has 1 atom stereocenters. The molecule has 1 unspecified atom stereocenters. The Morgan fingerprint density at radius 2 is 2.17 bits per heavy atom. The number of hydrogen-bond acceptors (Lipinski definition) is 4. The minimum atomic E-state index is -0.0429. The number of anilines is 1. The molecule has 1 aromatic carbocycles. The van der Waals surface area contributed by atoms with Crippen LogP contribution in [-0.2, 0) is 20.7 Å². The van der Waals surface area contributed by atoms with Gasteiger partial charge in [-0.1, -0.05) is 12.1 Å². The number of hydrogen-bond donors (Lipinski definition) is 2. The van der Waals surface area contributed by atoms with E-state index in [0.29, 0.717) is 19.4 Å². The van der Waals surface area contributed by atoms with Crippen LogP contribution in [-0.4, -0.2) is 56.6 Å². The average Bonchev–Trinajstić information content (AvgIpc) is 3.09. The Balaban J connectivity index is 1.72. The molecule has 2 amide bonds. The molecule has 0 radical (unpaired) electrons. The number of carbonyl (C=O) groups is 2. The Hall–Kier alpha value is -2.08. The van der Waals surface area contributed by atoms with Gasteiger partial charge < -0.3 is 20.3 Å². The summed E-state index contributed by atoms with van der Waals surface area (Å²) < 4.78 is 5.48. The fraction of sp³-hybridized carbons (Fsp3) is 0.556. The molecule has 2 N–H and O–H groups in total. The van der Waals surface area contributed by atoms with E-state index < -0.39 is 0 Å². The predicted octanol–water partition coefficient (Wildman–Crippen LogP) is 1.41. The number of ether oxygens (including phenoxy) is 1. The standard InChI is InChI=1S/C18H27N3O3/c1-21(2)18(23)9-8-14-5-3-6-15(11-14)19-13-17(22)20-12-16-7-4-10-24-16/h3,5-6,11,16,19H,4,7-10,12-13H2,1-2H3,(H,20,22). The van der Waals surface area contributed by atoms with Crippen molar-refractivity contribution in [3.8, 4) is 0 Å². The van der Waals surface area contributed by atoms with Crippen molar-refractivity contribution >= 4 is 17.5 Å². The summed E-state index contributed by atoms with van der Waals surface area (Å²) in [6, 6.07) is 7.83. The molecule has 1 aromatic rings. The number of nitrogens with zero attached hydrogens (tertiary/aromatic N) is 1. The molecule has 2 rings (SSSR count). The van der Waals surface area contributed by atoms with Gasteiger partial charge in [-0.05, 0) is 37.0 Å². The molecule has 0 aliphatic carbocycles. The minimum Gasteiger partial charge on any atom is -0.376 e. The maximum Gasteiger partial charge on any atom is 0.239 e. The van der Waals surface area contributed by atoms with Crippen LogP contribution in [0.15, 0.2) is 24.3 Å². The molecule has 0 saturated carbocycles. The molecule has 1 aliphatic rings. The van der Waals surface area contributed by atoms with Gasteiger partial charge in [-0.2, -0.15) is 0 Å². The van der Waals surface area contributed by atoms with Crippen LogP contribution in [0.1, 0.15) is 24.8 Å². The lowest BCUT2D eigenvalue weighted by Gasteiger charge is -2.12. The molecule has 24 heavy (non-hydrogen) atoms. The number of rotatable bonds is 8. The molecule has 6 heteroatoms. The summed E-state index contributed by atoms with van der Waals surface area (Å²) >= 11 is 0. The van der Waals surface area contributed by atoms with Crippen LogP contribution in [0.3, 0.4) is 0 Å². The van der Waals surface area contributed by atoms with E-state index in [1.165, 1.54) is 0 Å². The normalized spacial score (nSPS) is 16.7. The third kappa shape index (κ3) is 6.20. The van der Waals surface area contributed by atoms with Crippen molar-refractivity contribution in [2.24, 2.45) is 0 Å². The Labute approximate surface area is 143 Å². The second kappa shape index (κ2) is 9.27. The van der Waals surface area contributed by atoms with Crippen molar-refractivity contribution in [2.45, 2.75) is 31.8 Å². The van der Waals surface area contributed by atoms with E-state index in [1.54, 1.807) is 19.0 Å². The smallest absolute Gasteiger partial charge is 0.239 e. The number of amides is 2. The zero-order valence-electron chi connectivity index (χ0n) is 14.5. The SMILES string of the molecule is CN(C)C(=O)CCc1cccc(NCC(=O)NCC2CCCO2)c1. The molecule has 1 aliphatic heterocycles. The molecule has 1 saturated heterocycles. The van der Waals surface area contributed by atoms with Gasteiger partial charge in [0.25, 0.3) is 0 Å². The lowest BCUT2D eigenvalue weighted by atomic mass is 10.1. The van der Waals surface area contributed by atoms with Gasteiger partial charge in [-0.25, -0.2) is 0 Å². The lowest BCUT2D eigenvalue weighted by molar-refractivity contribution is -0.128. The Kier molecular flexibility index (Phi) is 7.06. The molecule has 0 spiro atoms. The van der Waals surface area contributed by atoms with E-state index in [9.17, 15) is 9.59 Å². The molecular weight excluding hydrogens is 306 g/mol. The Morgan fingerprint density at radius 3 is 2.88 bits per heavy atom. The number of carbonyl (C=O) groups excluding carboxylic acids is 2. The van der Waals surface area contributed by atoms with Gasteiger partial charge in [0.05, 0.1) is 12.6 Å². The molecule has 0 bridgehead atoms. The highest BCUT2D eigenvalue weighted by atomic mass is 16.5. The van der Waals surface area contributed by atoms with Crippen molar-refractivity contribution in [3.63, 3.8) is 0 Å². The minimum absolute atomic E-state index is 0.0429. The van der Waals surface area contributed by atoms with Gasteiger partial charge in [-0.3, -0.25) is 9.59 Å². The largest absolute Gasteiger partial charge is 0.376 e. The van der Waals surface area contributed by atoms with E-state index >= 15 is 0 Å². The molecule has 6 nitrogen and oxygen atoms in total. The number of benzene rings is 1. The first-order valence-electron chi connectivity index (χ1n) is 8.46. The van der Waals surface area contributed by atoms with Crippen molar-refractivity contribution in [2.75, 3.05) is 39.1 Å². The Morgan fingerprint density at radius 1 is 1.33 bits per heavy atom. The quantitative estimate of drug-likeness (QED) is 0.755. The predicted molar refractivity (Wildman–Crippen MR) is 93.9 cm³/mol. The summed E-state index contributed by atoms with van der Waals surface area (Å²) in [5.41, 5.74) is 1.96. The summed E-state index contributed by atoms with van der Waals surface area (Å²) in [6.07, 6.45) is 3.42. The maximum atomic E-state index is 11.9. The van der Waals surface area contributed by atoms with Crippen LogP contribution >= 0.6 is 0 Å². The van der Waals surface area contributed by atoms with Gasteiger partial charge in [0.15, 0.2) is 0 Å². The van der Waals surface area contributed by atoms with E-state index in [1.807, 2.05) is 24.3 Å². The lowest BCUT2D eigenvalue weighted by Crippen LogP contribution is -2.35. The topological polar surface area (TPSA) is 70.7 Å². The molecule has 132 valence electrons.